The van der Waals surface area contributed by atoms with E-state index in [2.05, 4.69) is 34.6 Å². The molecule has 0 fully saturated rings. The Morgan fingerprint density at radius 3 is 2.05 bits per heavy atom. The molecule has 0 aliphatic rings. The van der Waals surface area contributed by atoms with Gasteiger partial charge in [-0.05, 0) is 35.4 Å². The highest BCUT2D eigenvalue weighted by Gasteiger charge is 2.30. The van der Waals surface area contributed by atoms with Gasteiger partial charge in [-0.25, -0.2) is 8.42 Å². The van der Waals surface area contributed by atoms with E-state index in [1.165, 1.54) is 6.26 Å². The number of hydrogen-bond donors (Lipinski definition) is 0. The normalized spacial score (nSPS) is 13.3. The Morgan fingerprint density at radius 1 is 1.10 bits per heavy atom. The number of rotatable bonds is 4. The summed E-state index contributed by atoms with van der Waals surface area (Å²) in [6.45, 7) is 10.8. The first-order chi connectivity index (χ1) is 8.87. The second kappa shape index (κ2) is 5.40. The van der Waals surface area contributed by atoms with E-state index in [1.54, 1.807) is 25.3 Å². The van der Waals surface area contributed by atoms with Crippen LogP contribution in [0.4, 0.5) is 0 Å². The van der Waals surface area contributed by atoms with Crippen molar-refractivity contribution >= 4 is 9.84 Å². The van der Waals surface area contributed by atoms with Crippen LogP contribution in [-0.2, 0) is 15.3 Å². The van der Waals surface area contributed by atoms with Crippen molar-refractivity contribution < 1.29 is 13.2 Å². The molecule has 0 aromatic heterocycles. The van der Waals surface area contributed by atoms with Crippen molar-refractivity contribution in [2.75, 3.05) is 13.4 Å². The van der Waals surface area contributed by atoms with Gasteiger partial charge in [0.2, 0.25) is 0 Å². The molecule has 0 aliphatic carbocycles. The largest absolute Gasteiger partial charge is 0.496 e. The van der Waals surface area contributed by atoms with Crippen molar-refractivity contribution in [3.63, 3.8) is 0 Å². The molecule has 0 atom stereocenters. The van der Waals surface area contributed by atoms with E-state index in [0.29, 0.717) is 4.90 Å². The second-order valence-corrected chi connectivity index (χ2v) is 9.27. The van der Waals surface area contributed by atoms with E-state index in [0.717, 1.165) is 17.7 Å². The lowest BCUT2D eigenvalue weighted by Crippen LogP contribution is -2.25. The van der Waals surface area contributed by atoms with Crippen molar-refractivity contribution in [3.8, 4) is 5.75 Å². The van der Waals surface area contributed by atoms with Crippen LogP contribution in [0.3, 0.4) is 0 Å². The molecule has 1 aromatic carbocycles. The SMILES string of the molecule is COc1ccc(S(C)(=O)=O)cc1C(C)(C)CC(C)(C)C. The number of ether oxygens (including phenoxy) is 1. The summed E-state index contributed by atoms with van der Waals surface area (Å²) >= 11 is 0. The molecule has 4 heteroatoms. The standard InChI is InChI=1S/C16H26O3S/c1-15(2,3)11-16(4,5)13-10-12(20(7,17)18)8-9-14(13)19-6/h8-10H,11H2,1-7H3. The zero-order valence-electron chi connectivity index (χ0n) is 13.6. The lowest BCUT2D eigenvalue weighted by atomic mass is 9.72. The summed E-state index contributed by atoms with van der Waals surface area (Å²) in [5.74, 6) is 0.742. The van der Waals surface area contributed by atoms with E-state index in [1.807, 2.05) is 0 Å². The Labute approximate surface area is 123 Å². The third-order valence-corrected chi connectivity index (χ3v) is 4.41. The van der Waals surface area contributed by atoms with Gasteiger partial charge in [-0.3, -0.25) is 0 Å². The first-order valence-corrected chi connectivity index (χ1v) is 8.64. The maximum absolute atomic E-state index is 11.8. The Morgan fingerprint density at radius 2 is 1.65 bits per heavy atom. The van der Waals surface area contributed by atoms with Gasteiger partial charge in [0.05, 0.1) is 12.0 Å². The molecule has 0 N–H and O–H groups in total. The van der Waals surface area contributed by atoms with E-state index in [4.69, 9.17) is 4.74 Å². The lowest BCUT2D eigenvalue weighted by molar-refractivity contribution is 0.276. The molecular weight excluding hydrogens is 272 g/mol. The van der Waals surface area contributed by atoms with Crippen molar-refractivity contribution in [1.29, 1.82) is 0 Å². The third-order valence-electron chi connectivity index (χ3n) is 3.30. The summed E-state index contributed by atoms with van der Waals surface area (Å²) in [5.41, 5.74) is 0.928. The highest BCUT2D eigenvalue weighted by Crippen LogP contribution is 2.41. The van der Waals surface area contributed by atoms with Crippen molar-refractivity contribution in [1.82, 2.24) is 0 Å². The van der Waals surface area contributed by atoms with Crippen LogP contribution in [0.15, 0.2) is 23.1 Å². The number of hydrogen-bond acceptors (Lipinski definition) is 3. The average Bonchev–Trinajstić information content (AvgIpc) is 2.23. The first kappa shape index (κ1) is 17.0. The fourth-order valence-electron chi connectivity index (χ4n) is 2.87. The maximum Gasteiger partial charge on any atom is 0.175 e. The summed E-state index contributed by atoms with van der Waals surface area (Å²) < 4.78 is 28.9. The highest BCUT2D eigenvalue weighted by atomic mass is 32.2. The van der Waals surface area contributed by atoms with Gasteiger partial charge in [0, 0.05) is 11.8 Å². The van der Waals surface area contributed by atoms with Gasteiger partial charge in [-0.1, -0.05) is 34.6 Å². The van der Waals surface area contributed by atoms with Crippen LogP contribution in [0.5, 0.6) is 5.75 Å². The minimum Gasteiger partial charge on any atom is -0.496 e. The molecule has 114 valence electrons. The van der Waals surface area contributed by atoms with Gasteiger partial charge in [0.25, 0.3) is 0 Å². The van der Waals surface area contributed by atoms with Gasteiger partial charge in [-0.15, -0.1) is 0 Å². The second-order valence-electron chi connectivity index (χ2n) is 7.26. The van der Waals surface area contributed by atoms with Crippen LogP contribution in [0.1, 0.15) is 46.6 Å². The molecule has 0 heterocycles. The molecular formula is C16H26O3S. The number of methoxy groups -OCH3 is 1. The number of sulfone groups is 1. The van der Waals surface area contributed by atoms with Crippen molar-refractivity contribution in [2.24, 2.45) is 5.41 Å². The maximum atomic E-state index is 11.8. The van der Waals surface area contributed by atoms with Crippen LogP contribution < -0.4 is 4.74 Å². The Hall–Kier alpha value is -1.03. The molecule has 0 spiro atoms. The fraction of sp³-hybridized carbons (Fsp3) is 0.625. The monoisotopic (exact) mass is 298 g/mol. The smallest absolute Gasteiger partial charge is 0.175 e. The molecule has 0 saturated carbocycles. The third kappa shape index (κ3) is 4.23. The van der Waals surface area contributed by atoms with E-state index >= 15 is 0 Å². The molecule has 1 aromatic rings. The molecule has 0 bridgehead atoms. The van der Waals surface area contributed by atoms with Gasteiger partial charge >= 0.3 is 0 Å². The summed E-state index contributed by atoms with van der Waals surface area (Å²) in [7, 11) is -1.59. The van der Waals surface area contributed by atoms with Crippen molar-refractivity contribution in [2.45, 2.75) is 51.3 Å². The van der Waals surface area contributed by atoms with Gasteiger partial charge < -0.3 is 4.74 Å². The molecule has 0 saturated heterocycles. The predicted octanol–water partition coefficient (Wildman–Crippen LogP) is 3.81. The topological polar surface area (TPSA) is 43.4 Å². The van der Waals surface area contributed by atoms with Gasteiger partial charge in [0.15, 0.2) is 9.84 Å². The van der Waals surface area contributed by atoms with Crippen LogP contribution in [0.2, 0.25) is 0 Å². The molecule has 1 rings (SSSR count). The summed E-state index contributed by atoms with van der Waals surface area (Å²) in [6, 6.07) is 5.10. The van der Waals surface area contributed by atoms with Gasteiger partial charge in [-0.2, -0.15) is 0 Å². The molecule has 0 amide bonds. The van der Waals surface area contributed by atoms with E-state index in [9.17, 15) is 8.42 Å². The summed E-state index contributed by atoms with van der Waals surface area (Å²) in [4.78, 5) is 0.343. The summed E-state index contributed by atoms with van der Waals surface area (Å²) in [6.07, 6.45) is 2.17. The van der Waals surface area contributed by atoms with Crippen molar-refractivity contribution in [3.05, 3.63) is 23.8 Å². The quantitative estimate of drug-likeness (QED) is 0.849. The fourth-order valence-corrected chi connectivity index (χ4v) is 3.51. The Kier molecular flexibility index (Phi) is 4.59. The van der Waals surface area contributed by atoms with Crippen LogP contribution >= 0.6 is 0 Å². The van der Waals surface area contributed by atoms with Crippen LogP contribution in [-0.4, -0.2) is 21.8 Å². The van der Waals surface area contributed by atoms with Gasteiger partial charge in [0.1, 0.15) is 5.75 Å². The van der Waals surface area contributed by atoms with Crippen LogP contribution in [0.25, 0.3) is 0 Å². The number of benzene rings is 1. The molecule has 20 heavy (non-hydrogen) atoms. The zero-order valence-corrected chi connectivity index (χ0v) is 14.4. The minimum absolute atomic E-state index is 0.148. The molecule has 0 unspecified atom stereocenters. The molecule has 3 nitrogen and oxygen atoms in total. The molecule has 0 aliphatic heterocycles. The van der Waals surface area contributed by atoms with E-state index in [-0.39, 0.29) is 10.8 Å². The minimum atomic E-state index is -3.21. The van der Waals surface area contributed by atoms with E-state index < -0.39 is 9.84 Å². The average molecular weight is 298 g/mol. The lowest BCUT2D eigenvalue weighted by Gasteiger charge is -2.34. The zero-order chi connectivity index (χ0) is 15.8. The van der Waals surface area contributed by atoms with Crippen LogP contribution in [0, 0.1) is 5.41 Å². The molecule has 0 radical (unpaired) electrons. The summed E-state index contributed by atoms with van der Waals surface area (Å²) in [5, 5.41) is 0. The first-order valence-electron chi connectivity index (χ1n) is 6.75. The highest BCUT2D eigenvalue weighted by molar-refractivity contribution is 7.90. The Bertz CT molecular complexity index is 578. The Balaban J connectivity index is 3.41. The predicted molar refractivity (Wildman–Crippen MR) is 83.2 cm³/mol.